The maximum absolute atomic E-state index is 11.1. The van der Waals surface area contributed by atoms with Crippen molar-refractivity contribution in [2.24, 2.45) is 7.05 Å². The van der Waals surface area contributed by atoms with E-state index in [1.165, 1.54) is 7.05 Å². The highest BCUT2D eigenvalue weighted by Gasteiger charge is 2.07. The van der Waals surface area contributed by atoms with Crippen molar-refractivity contribution in [3.05, 3.63) is 19.1 Å². The molecular weight excluding hydrogens is 280 g/mol. The summed E-state index contributed by atoms with van der Waals surface area (Å²) in [7, 11) is 1.50. The number of nitrogens with zero attached hydrogens (tertiary/aromatic N) is 2. The highest BCUT2D eigenvalue weighted by molar-refractivity contribution is 14.1. The molecule has 0 spiro atoms. The lowest BCUT2D eigenvalue weighted by atomic mass is 10.5. The summed E-state index contributed by atoms with van der Waals surface area (Å²) >= 11 is 7.51. The summed E-state index contributed by atoms with van der Waals surface area (Å²) in [6, 6.07) is 0. The lowest BCUT2D eigenvalue weighted by molar-refractivity contribution is 0.708. The lowest BCUT2D eigenvalue weighted by Crippen LogP contribution is -2.24. The predicted octanol–water partition coefficient (Wildman–Crippen LogP) is 0.621. The lowest BCUT2D eigenvalue weighted by Gasteiger charge is -2.01. The van der Waals surface area contributed by atoms with Gasteiger partial charge in [0.05, 0.1) is 3.57 Å². The summed E-state index contributed by atoms with van der Waals surface area (Å²) in [4.78, 5) is 11.1. The van der Waals surface area contributed by atoms with Crippen molar-refractivity contribution in [2.45, 2.75) is 0 Å². The summed E-state index contributed by atoms with van der Waals surface area (Å²) in [5.74, 6) is 0. The third-order valence-corrected chi connectivity index (χ3v) is 2.86. The van der Waals surface area contributed by atoms with Gasteiger partial charge in [-0.1, -0.05) is 11.6 Å². The molecule has 0 atom stereocenters. The van der Waals surface area contributed by atoms with Crippen molar-refractivity contribution < 1.29 is 0 Å². The van der Waals surface area contributed by atoms with E-state index in [0.29, 0.717) is 3.57 Å². The molecular formula is C5H5ClIN3O. The van der Waals surface area contributed by atoms with Crippen LogP contribution in [0.2, 0.25) is 5.15 Å². The van der Waals surface area contributed by atoms with Crippen molar-refractivity contribution in [2.75, 3.05) is 5.73 Å². The minimum Gasteiger partial charge on any atom is -0.393 e. The highest BCUT2D eigenvalue weighted by Crippen LogP contribution is 2.17. The molecule has 0 amide bonds. The quantitative estimate of drug-likeness (QED) is 0.711. The Morgan fingerprint density at radius 3 is 2.82 bits per heavy atom. The number of aryl methyl sites for hydroxylation is 1. The van der Waals surface area contributed by atoms with Crippen LogP contribution in [0.15, 0.2) is 4.79 Å². The Morgan fingerprint density at radius 2 is 2.27 bits per heavy atom. The molecule has 1 aromatic heterocycles. The summed E-state index contributed by atoms with van der Waals surface area (Å²) in [6.07, 6.45) is 0. The van der Waals surface area contributed by atoms with Gasteiger partial charge in [0.1, 0.15) is 5.69 Å². The van der Waals surface area contributed by atoms with Crippen LogP contribution in [-0.4, -0.2) is 9.78 Å². The summed E-state index contributed by atoms with van der Waals surface area (Å²) in [5.41, 5.74) is 5.24. The highest BCUT2D eigenvalue weighted by atomic mass is 127. The Bertz CT molecular complexity index is 348. The van der Waals surface area contributed by atoms with E-state index in [4.69, 9.17) is 17.3 Å². The number of hydrogen-bond acceptors (Lipinski definition) is 3. The van der Waals surface area contributed by atoms with Crippen molar-refractivity contribution in [3.63, 3.8) is 0 Å². The monoisotopic (exact) mass is 285 g/mol. The van der Waals surface area contributed by atoms with Crippen LogP contribution in [-0.2, 0) is 7.05 Å². The molecule has 0 saturated heterocycles. The maximum atomic E-state index is 11.1. The molecule has 60 valence electrons. The van der Waals surface area contributed by atoms with E-state index >= 15 is 0 Å². The Hall–Kier alpha value is -0.300. The summed E-state index contributed by atoms with van der Waals surface area (Å²) in [6.45, 7) is 0. The molecule has 0 aliphatic carbocycles. The molecule has 1 rings (SSSR count). The van der Waals surface area contributed by atoms with E-state index in [1.54, 1.807) is 0 Å². The van der Waals surface area contributed by atoms with E-state index in [0.717, 1.165) is 4.68 Å². The first-order chi connectivity index (χ1) is 5.04. The zero-order chi connectivity index (χ0) is 8.59. The Morgan fingerprint density at radius 1 is 1.73 bits per heavy atom. The zero-order valence-corrected chi connectivity index (χ0v) is 8.55. The molecule has 0 bridgehead atoms. The Kier molecular flexibility index (Phi) is 2.38. The van der Waals surface area contributed by atoms with Crippen LogP contribution in [0.5, 0.6) is 0 Å². The van der Waals surface area contributed by atoms with Crippen LogP contribution in [0.1, 0.15) is 0 Å². The van der Waals surface area contributed by atoms with E-state index in [1.807, 2.05) is 22.6 Å². The standard InChI is InChI=1S/C5H5ClIN3O/c1-10-5(11)3(8)2(7)4(6)9-10/h8H2,1H3. The molecule has 0 unspecified atom stereocenters. The van der Waals surface area contributed by atoms with Gasteiger partial charge in [-0.15, -0.1) is 0 Å². The van der Waals surface area contributed by atoms with Gasteiger partial charge < -0.3 is 5.73 Å². The first-order valence-corrected chi connectivity index (χ1v) is 4.17. The van der Waals surface area contributed by atoms with Crippen molar-refractivity contribution in [3.8, 4) is 0 Å². The fraction of sp³-hybridized carbons (Fsp3) is 0.200. The fourth-order valence-corrected chi connectivity index (χ4v) is 1.15. The van der Waals surface area contributed by atoms with Gasteiger partial charge in [0.25, 0.3) is 5.56 Å². The second kappa shape index (κ2) is 2.98. The third-order valence-electron chi connectivity index (χ3n) is 1.18. The molecule has 1 aromatic rings. The molecule has 0 aliphatic heterocycles. The van der Waals surface area contributed by atoms with Gasteiger partial charge in [0.15, 0.2) is 5.15 Å². The zero-order valence-electron chi connectivity index (χ0n) is 5.64. The molecule has 0 aliphatic rings. The van der Waals surface area contributed by atoms with E-state index < -0.39 is 0 Å². The van der Waals surface area contributed by atoms with Gasteiger partial charge in [-0.05, 0) is 22.6 Å². The molecule has 0 saturated carbocycles. The second-order valence-electron chi connectivity index (χ2n) is 1.95. The van der Waals surface area contributed by atoms with Crippen molar-refractivity contribution >= 4 is 39.9 Å². The van der Waals surface area contributed by atoms with E-state index in [2.05, 4.69) is 5.10 Å². The van der Waals surface area contributed by atoms with Gasteiger partial charge >= 0.3 is 0 Å². The van der Waals surface area contributed by atoms with E-state index in [9.17, 15) is 4.79 Å². The number of halogens is 2. The van der Waals surface area contributed by atoms with Gasteiger partial charge in [-0.3, -0.25) is 4.79 Å². The van der Waals surface area contributed by atoms with Crippen LogP contribution in [0, 0.1) is 3.57 Å². The average Bonchev–Trinajstić information content (AvgIpc) is 1.97. The topological polar surface area (TPSA) is 60.9 Å². The first-order valence-electron chi connectivity index (χ1n) is 2.72. The van der Waals surface area contributed by atoms with Crippen LogP contribution in [0.3, 0.4) is 0 Å². The predicted molar refractivity (Wildman–Crippen MR) is 51.6 cm³/mol. The minimum atomic E-state index is -0.321. The van der Waals surface area contributed by atoms with Crippen LogP contribution in [0.25, 0.3) is 0 Å². The number of nitrogens with two attached hydrogens (primary N) is 1. The molecule has 0 radical (unpaired) electrons. The Balaban J connectivity index is 3.59. The SMILES string of the molecule is Cn1nc(Cl)c(I)c(N)c1=O. The number of hydrogen-bond donors (Lipinski definition) is 1. The third kappa shape index (κ3) is 1.48. The summed E-state index contributed by atoms with van der Waals surface area (Å²) < 4.78 is 1.62. The summed E-state index contributed by atoms with van der Waals surface area (Å²) in [5, 5.41) is 3.97. The maximum Gasteiger partial charge on any atom is 0.290 e. The van der Waals surface area contributed by atoms with Crippen LogP contribution < -0.4 is 11.3 Å². The van der Waals surface area contributed by atoms with Gasteiger partial charge in [-0.25, -0.2) is 4.68 Å². The molecule has 0 aromatic carbocycles. The number of aromatic nitrogens is 2. The Labute approximate surface area is 81.5 Å². The second-order valence-corrected chi connectivity index (χ2v) is 3.38. The van der Waals surface area contributed by atoms with Crippen molar-refractivity contribution in [1.82, 2.24) is 9.78 Å². The number of anilines is 1. The van der Waals surface area contributed by atoms with Gasteiger partial charge in [-0.2, -0.15) is 5.10 Å². The average molecular weight is 285 g/mol. The van der Waals surface area contributed by atoms with Gasteiger partial charge in [0, 0.05) is 7.05 Å². The van der Waals surface area contributed by atoms with Crippen LogP contribution >= 0.6 is 34.2 Å². The number of rotatable bonds is 0. The van der Waals surface area contributed by atoms with Crippen LogP contribution in [0.4, 0.5) is 5.69 Å². The van der Waals surface area contributed by atoms with Gasteiger partial charge in [0.2, 0.25) is 0 Å². The molecule has 11 heavy (non-hydrogen) atoms. The molecule has 6 heteroatoms. The fourth-order valence-electron chi connectivity index (χ4n) is 0.600. The molecule has 4 nitrogen and oxygen atoms in total. The van der Waals surface area contributed by atoms with Crippen molar-refractivity contribution in [1.29, 1.82) is 0 Å². The van der Waals surface area contributed by atoms with E-state index in [-0.39, 0.29) is 16.4 Å². The minimum absolute atomic E-state index is 0.146. The molecule has 0 fully saturated rings. The molecule has 1 heterocycles. The largest absolute Gasteiger partial charge is 0.393 e. The first kappa shape index (κ1) is 8.79. The number of nitrogen functional groups attached to an aromatic ring is 1. The molecule has 2 N–H and O–H groups in total. The normalized spacial score (nSPS) is 10.1. The smallest absolute Gasteiger partial charge is 0.290 e.